The zero-order valence-corrected chi connectivity index (χ0v) is 18.8. The number of aromatic nitrogens is 3. The summed E-state index contributed by atoms with van der Waals surface area (Å²) < 4.78 is 13.9. The summed E-state index contributed by atoms with van der Waals surface area (Å²) >= 11 is 1.10. The first-order valence-electron chi connectivity index (χ1n) is 10.1. The van der Waals surface area contributed by atoms with Crippen molar-refractivity contribution in [3.63, 3.8) is 0 Å². The zero-order valence-electron chi connectivity index (χ0n) is 18.0. The van der Waals surface area contributed by atoms with Gasteiger partial charge in [-0.15, -0.1) is 0 Å². The molecule has 164 valence electrons. The first-order chi connectivity index (χ1) is 15.4. The number of fused-ring (bicyclic) bond motifs is 1. The molecule has 0 radical (unpaired) electrons. The van der Waals surface area contributed by atoms with Crippen molar-refractivity contribution in [2.45, 2.75) is 38.4 Å². The number of thioether (sulfide) groups is 1. The minimum Gasteiger partial charge on any atom is -0.486 e. The fourth-order valence-corrected chi connectivity index (χ4v) is 4.64. The highest BCUT2D eigenvalue weighted by molar-refractivity contribution is 8.00. The molecule has 0 unspecified atom stereocenters. The summed E-state index contributed by atoms with van der Waals surface area (Å²) in [6, 6.07) is 11.5. The number of hydrogen-bond acceptors (Lipinski definition) is 7. The number of benzene rings is 1. The molecule has 1 atom stereocenters. The molecular formula is C23H22N4O4S. The van der Waals surface area contributed by atoms with Crippen molar-refractivity contribution in [2.24, 2.45) is 0 Å². The average molecular weight is 451 g/mol. The van der Waals surface area contributed by atoms with Gasteiger partial charge < -0.3 is 19.0 Å². The van der Waals surface area contributed by atoms with Gasteiger partial charge in [-0.2, -0.15) is 10.2 Å². The minimum absolute atomic E-state index is 0.0747. The summed E-state index contributed by atoms with van der Waals surface area (Å²) in [6.07, 6.45) is -0.173. The Balaban J connectivity index is 1.48. The monoisotopic (exact) mass is 450 g/mol. The molecule has 0 bridgehead atoms. The number of carbonyl (C=O) groups excluding carboxylic acids is 1. The number of hydrogen-bond donors (Lipinski definition) is 1. The molecule has 32 heavy (non-hydrogen) atoms. The van der Waals surface area contributed by atoms with Crippen molar-refractivity contribution in [1.29, 1.82) is 5.26 Å². The summed E-state index contributed by atoms with van der Waals surface area (Å²) in [5.74, 6) is 1.43. The van der Waals surface area contributed by atoms with Crippen LogP contribution in [0.15, 0.2) is 40.2 Å². The van der Waals surface area contributed by atoms with Crippen LogP contribution < -0.4 is 15.2 Å². The largest absolute Gasteiger partial charge is 0.486 e. The van der Waals surface area contributed by atoms with Crippen LogP contribution in [0.5, 0.6) is 11.5 Å². The van der Waals surface area contributed by atoms with E-state index >= 15 is 0 Å². The van der Waals surface area contributed by atoms with Gasteiger partial charge in [0.1, 0.15) is 23.3 Å². The Morgan fingerprint density at radius 3 is 2.81 bits per heavy atom. The molecule has 8 nitrogen and oxygen atoms in total. The van der Waals surface area contributed by atoms with Crippen LogP contribution in [0, 0.1) is 32.1 Å². The van der Waals surface area contributed by atoms with Crippen molar-refractivity contribution in [1.82, 2.24) is 14.5 Å². The molecule has 0 saturated carbocycles. The first-order valence-corrected chi connectivity index (χ1v) is 11.1. The maximum atomic E-state index is 12.9. The summed E-state index contributed by atoms with van der Waals surface area (Å²) in [4.78, 5) is 31.0. The number of ketones is 1. The highest BCUT2D eigenvalue weighted by Crippen LogP contribution is 2.32. The third-order valence-corrected chi connectivity index (χ3v) is 6.34. The van der Waals surface area contributed by atoms with Crippen molar-refractivity contribution in [3.8, 4) is 17.6 Å². The summed E-state index contributed by atoms with van der Waals surface area (Å²) in [5.41, 5.74) is 2.57. The molecule has 2 aromatic heterocycles. The molecule has 4 rings (SSSR count). The molecular weight excluding hydrogens is 428 g/mol. The van der Waals surface area contributed by atoms with E-state index in [0.717, 1.165) is 28.9 Å². The summed E-state index contributed by atoms with van der Waals surface area (Å²) in [5, 5.41) is 9.60. The smallest absolute Gasteiger partial charge is 0.346 e. The lowest BCUT2D eigenvalue weighted by molar-refractivity contribution is 0.0777. The fourth-order valence-electron chi connectivity index (χ4n) is 3.73. The molecule has 9 heteroatoms. The van der Waals surface area contributed by atoms with Crippen molar-refractivity contribution >= 4 is 17.5 Å². The normalized spacial score (nSPS) is 14.8. The van der Waals surface area contributed by atoms with Crippen molar-refractivity contribution < 1.29 is 14.3 Å². The number of ether oxygens (including phenoxy) is 2. The number of Topliss-reactive ketones (excluding diaryl/α,β-unsaturated/α-hetero) is 1. The van der Waals surface area contributed by atoms with E-state index in [1.54, 1.807) is 6.92 Å². The van der Waals surface area contributed by atoms with E-state index in [0.29, 0.717) is 30.2 Å². The SMILES string of the molecule is Cc1[nH]c(=O)nc(SCC(=O)c2cc(C)n(C[C@H]3COc4ccccc4O3)c2C)c1C#N. The van der Waals surface area contributed by atoms with Crippen LogP contribution in [0.2, 0.25) is 0 Å². The molecule has 0 spiro atoms. The van der Waals surface area contributed by atoms with E-state index in [9.17, 15) is 14.9 Å². The number of H-pyrrole nitrogens is 1. The Morgan fingerprint density at radius 2 is 2.06 bits per heavy atom. The van der Waals surface area contributed by atoms with Gasteiger partial charge in [0.15, 0.2) is 23.4 Å². The van der Waals surface area contributed by atoms with Crippen LogP contribution >= 0.6 is 11.8 Å². The fraction of sp³-hybridized carbons (Fsp3) is 0.304. The summed E-state index contributed by atoms with van der Waals surface area (Å²) in [7, 11) is 0. The maximum absolute atomic E-state index is 12.9. The number of rotatable bonds is 6. The predicted molar refractivity (Wildman–Crippen MR) is 120 cm³/mol. The van der Waals surface area contributed by atoms with Gasteiger partial charge in [0.25, 0.3) is 0 Å². The Kier molecular flexibility index (Phi) is 6.06. The van der Waals surface area contributed by atoms with Crippen LogP contribution in [0.25, 0.3) is 0 Å². The maximum Gasteiger partial charge on any atom is 0.346 e. The number of nitriles is 1. The second kappa shape index (κ2) is 8.93. The van der Waals surface area contributed by atoms with Crippen molar-refractivity contribution in [2.75, 3.05) is 12.4 Å². The number of aryl methyl sites for hydroxylation is 2. The van der Waals surface area contributed by atoms with E-state index in [-0.39, 0.29) is 28.2 Å². The molecule has 0 saturated heterocycles. The van der Waals surface area contributed by atoms with Gasteiger partial charge in [0.05, 0.1) is 12.3 Å². The topological polar surface area (TPSA) is 110 Å². The molecule has 1 aromatic carbocycles. The van der Waals surface area contributed by atoms with E-state index in [4.69, 9.17) is 9.47 Å². The molecule has 1 aliphatic heterocycles. The molecule has 0 fully saturated rings. The number of para-hydroxylation sites is 2. The first kappa shape index (κ1) is 21.7. The molecule has 0 aliphatic carbocycles. The zero-order chi connectivity index (χ0) is 22.8. The number of nitrogens with one attached hydrogen (secondary N) is 1. The van der Waals surface area contributed by atoms with Gasteiger partial charge in [0, 0.05) is 22.6 Å². The van der Waals surface area contributed by atoms with Crippen LogP contribution in [0.1, 0.15) is 33.0 Å². The lowest BCUT2D eigenvalue weighted by atomic mass is 10.2. The third-order valence-electron chi connectivity index (χ3n) is 5.37. The highest BCUT2D eigenvalue weighted by Gasteiger charge is 2.24. The molecule has 3 aromatic rings. The molecule has 3 heterocycles. The summed E-state index contributed by atoms with van der Waals surface area (Å²) in [6.45, 7) is 6.47. The van der Waals surface area contributed by atoms with Gasteiger partial charge >= 0.3 is 5.69 Å². The van der Waals surface area contributed by atoms with Crippen LogP contribution in [0.4, 0.5) is 0 Å². The van der Waals surface area contributed by atoms with Gasteiger partial charge in [-0.3, -0.25) is 4.79 Å². The Hall–Kier alpha value is -3.51. The van der Waals surface area contributed by atoms with Crippen LogP contribution in [-0.4, -0.2) is 38.8 Å². The van der Waals surface area contributed by atoms with Crippen LogP contribution in [0.3, 0.4) is 0 Å². The molecule has 1 N–H and O–H groups in total. The van der Waals surface area contributed by atoms with Gasteiger partial charge in [-0.25, -0.2) is 4.79 Å². The number of carbonyl (C=O) groups is 1. The lowest BCUT2D eigenvalue weighted by Gasteiger charge is -2.27. The van der Waals surface area contributed by atoms with E-state index in [1.807, 2.05) is 50.2 Å². The minimum atomic E-state index is -0.536. The third kappa shape index (κ3) is 4.27. The quantitative estimate of drug-likeness (QED) is 0.349. The van der Waals surface area contributed by atoms with E-state index < -0.39 is 5.69 Å². The van der Waals surface area contributed by atoms with Crippen LogP contribution in [-0.2, 0) is 6.54 Å². The predicted octanol–water partition coefficient (Wildman–Crippen LogP) is 3.18. The Bertz CT molecular complexity index is 1290. The average Bonchev–Trinajstić information content (AvgIpc) is 3.05. The van der Waals surface area contributed by atoms with E-state index in [2.05, 4.69) is 14.5 Å². The van der Waals surface area contributed by atoms with Gasteiger partial charge in [-0.05, 0) is 39.0 Å². The van der Waals surface area contributed by atoms with Gasteiger partial charge in [-0.1, -0.05) is 23.9 Å². The van der Waals surface area contributed by atoms with E-state index in [1.165, 1.54) is 0 Å². The van der Waals surface area contributed by atoms with Gasteiger partial charge in [0.2, 0.25) is 0 Å². The number of aromatic amines is 1. The molecule has 0 amide bonds. The number of nitrogens with zero attached hydrogens (tertiary/aromatic N) is 3. The standard InChI is InChI=1S/C23H22N4O4S/c1-13-8-17(19(28)12-32-22-18(9-24)14(2)25-23(29)26-22)15(3)27(13)10-16-11-30-20-6-4-5-7-21(20)31-16/h4-8,16H,10-12H2,1-3H3,(H,25,26,29)/t16-/m0/s1. The Morgan fingerprint density at radius 1 is 1.31 bits per heavy atom. The lowest BCUT2D eigenvalue weighted by Crippen LogP contribution is -2.33. The molecule has 1 aliphatic rings. The second-order valence-corrected chi connectivity index (χ2v) is 8.53. The highest BCUT2D eigenvalue weighted by atomic mass is 32.2. The second-order valence-electron chi connectivity index (χ2n) is 7.56. The Labute approximate surface area is 189 Å². The van der Waals surface area contributed by atoms with Crippen molar-refractivity contribution in [3.05, 3.63) is 69.0 Å².